The monoisotopic (exact) mass is 278 g/mol. The number of nitrogens with zero attached hydrogens (tertiary/aromatic N) is 2. The van der Waals surface area contributed by atoms with Crippen LogP contribution in [-0.2, 0) is 0 Å². The summed E-state index contributed by atoms with van der Waals surface area (Å²) in [6, 6.07) is 1.41. The molecule has 1 aliphatic heterocycles. The molecule has 0 saturated carbocycles. The van der Waals surface area contributed by atoms with Gasteiger partial charge in [0.15, 0.2) is 0 Å². The highest BCUT2D eigenvalue weighted by molar-refractivity contribution is 6.01. The van der Waals surface area contributed by atoms with E-state index in [9.17, 15) is 23.1 Å². The van der Waals surface area contributed by atoms with Gasteiger partial charge in [-0.3, -0.25) is 5.43 Å². The summed E-state index contributed by atoms with van der Waals surface area (Å²) >= 11 is 0. The third-order valence-corrected chi connectivity index (χ3v) is 2.56. The van der Waals surface area contributed by atoms with Crippen LogP contribution in [0.4, 0.5) is 18.0 Å². The van der Waals surface area contributed by atoms with Gasteiger partial charge >= 0.3 is 12.2 Å². The van der Waals surface area contributed by atoms with E-state index in [0.29, 0.717) is 0 Å². The van der Waals surface area contributed by atoms with E-state index in [-0.39, 0.29) is 16.5 Å². The van der Waals surface area contributed by atoms with Crippen molar-refractivity contribution in [1.82, 2.24) is 10.4 Å². The summed E-state index contributed by atoms with van der Waals surface area (Å²) in [6.07, 6.45) is -4.81. The van der Waals surface area contributed by atoms with Crippen molar-refractivity contribution in [2.24, 2.45) is 10.9 Å². The van der Waals surface area contributed by atoms with Gasteiger partial charge in [0.05, 0.1) is 12.7 Å². The Kier molecular flexibility index (Phi) is 2.98. The minimum Gasteiger partial charge on any atom is -0.463 e. The van der Waals surface area contributed by atoms with Crippen LogP contribution in [0.5, 0.6) is 0 Å². The largest absolute Gasteiger partial charge is 0.463 e. The van der Waals surface area contributed by atoms with E-state index in [4.69, 9.17) is 10.3 Å². The van der Waals surface area contributed by atoms with E-state index >= 15 is 0 Å². The van der Waals surface area contributed by atoms with E-state index in [1.807, 2.05) is 0 Å². The van der Waals surface area contributed by atoms with Gasteiger partial charge in [-0.25, -0.2) is 10.6 Å². The average molecular weight is 278 g/mol. The molecule has 1 aromatic rings. The van der Waals surface area contributed by atoms with Crippen LogP contribution in [0.15, 0.2) is 27.9 Å². The van der Waals surface area contributed by atoms with Crippen LogP contribution < -0.4 is 11.3 Å². The van der Waals surface area contributed by atoms with Crippen LogP contribution in [0, 0.1) is 0 Å². The lowest BCUT2D eigenvalue weighted by Gasteiger charge is -2.31. The number of hydrogen-bond donors (Lipinski definition) is 3. The van der Waals surface area contributed by atoms with Gasteiger partial charge in [-0.05, 0) is 12.1 Å². The number of nitrogens with one attached hydrogen (secondary N) is 1. The smallest absolute Gasteiger partial charge is 0.438 e. The molecule has 104 valence electrons. The quantitative estimate of drug-likeness (QED) is 0.396. The first kappa shape index (κ1) is 13.4. The molecule has 1 aliphatic rings. The molecule has 0 aromatic carbocycles. The van der Waals surface area contributed by atoms with Crippen molar-refractivity contribution >= 4 is 11.7 Å². The van der Waals surface area contributed by atoms with Gasteiger partial charge in [-0.1, -0.05) is 0 Å². The Balaban J connectivity index is 2.41. The summed E-state index contributed by atoms with van der Waals surface area (Å²) < 4.78 is 43.6. The Bertz CT molecular complexity index is 513. The number of halogens is 3. The fraction of sp³-hybridized carbons (Fsp3) is 0.333. The van der Waals surface area contributed by atoms with Crippen molar-refractivity contribution < 1.29 is 27.5 Å². The Morgan fingerprint density at radius 1 is 1.63 bits per heavy atom. The number of hydrogen-bond acceptors (Lipinski definition) is 5. The van der Waals surface area contributed by atoms with Gasteiger partial charge in [0.1, 0.15) is 11.5 Å². The fourth-order valence-electron chi connectivity index (χ4n) is 1.62. The molecular formula is C9H9F3N4O3. The molecule has 0 radical (unpaired) electrons. The van der Waals surface area contributed by atoms with Crippen LogP contribution in [0.25, 0.3) is 0 Å². The van der Waals surface area contributed by atoms with E-state index in [0.717, 1.165) is 0 Å². The molecule has 0 spiro atoms. The molecular weight excluding hydrogens is 269 g/mol. The zero-order chi connectivity index (χ0) is 14.3. The summed E-state index contributed by atoms with van der Waals surface area (Å²) in [5, 5.41) is 13.0. The average Bonchev–Trinajstić information content (AvgIpc) is 2.94. The summed E-state index contributed by atoms with van der Waals surface area (Å²) in [7, 11) is 0. The van der Waals surface area contributed by atoms with Crippen molar-refractivity contribution in [2.45, 2.75) is 18.3 Å². The van der Waals surface area contributed by atoms with Crippen molar-refractivity contribution in [1.29, 1.82) is 0 Å². The Morgan fingerprint density at radius 3 is 2.79 bits per heavy atom. The number of aliphatic hydroxyl groups is 1. The minimum atomic E-state index is -5.10. The maximum Gasteiger partial charge on any atom is 0.438 e. The molecule has 7 nitrogen and oxygen atoms in total. The molecule has 10 heteroatoms. The lowest BCUT2D eigenvalue weighted by Crippen LogP contribution is -2.59. The number of hydrazone groups is 1. The van der Waals surface area contributed by atoms with Crippen molar-refractivity contribution in [2.75, 3.05) is 0 Å². The predicted octanol–water partition coefficient (Wildman–Crippen LogP) is 0.524. The van der Waals surface area contributed by atoms with E-state index in [1.54, 1.807) is 0 Å². The second-order valence-electron chi connectivity index (χ2n) is 3.78. The van der Waals surface area contributed by atoms with Crippen LogP contribution >= 0.6 is 0 Å². The van der Waals surface area contributed by atoms with Gasteiger partial charge in [0, 0.05) is 0 Å². The molecule has 2 amide bonds. The molecule has 1 aromatic heterocycles. The molecule has 4 N–H and O–H groups in total. The lowest BCUT2D eigenvalue weighted by atomic mass is 10.1. The Hall–Kier alpha value is -2.07. The molecule has 2 rings (SSSR count). The molecule has 0 saturated heterocycles. The van der Waals surface area contributed by atoms with Crippen molar-refractivity contribution in [3.8, 4) is 0 Å². The molecule has 1 unspecified atom stereocenters. The van der Waals surface area contributed by atoms with Gasteiger partial charge in [0.25, 0.3) is 5.72 Å². The molecule has 19 heavy (non-hydrogen) atoms. The van der Waals surface area contributed by atoms with E-state index in [2.05, 4.69) is 5.10 Å². The summed E-state index contributed by atoms with van der Waals surface area (Å²) in [6.45, 7) is 0. The van der Waals surface area contributed by atoms with Gasteiger partial charge in [-0.15, -0.1) is 0 Å². The van der Waals surface area contributed by atoms with Gasteiger partial charge < -0.3 is 9.52 Å². The molecule has 2 heterocycles. The third-order valence-electron chi connectivity index (χ3n) is 2.56. The highest BCUT2D eigenvalue weighted by Crippen LogP contribution is 2.41. The predicted molar refractivity (Wildman–Crippen MR) is 55.4 cm³/mol. The molecule has 0 aliphatic carbocycles. The first-order valence-corrected chi connectivity index (χ1v) is 5.01. The fourth-order valence-corrected chi connectivity index (χ4v) is 1.62. The molecule has 1 atom stereocenters. The van der Waals surface area contributed by atoms with Crippen LogP contribution in [-0.4, -0.2) is 33.8 Å². The first-order chi connectivity index (χ1) is 8.79. The normalized spacial score (nSPS) is 23.4. The first-order valence-electron chi connectivity index (χ1n) is 5.01. The zero-order valence-corrected chi connectivity index (χ0v) is 9.31. The molecule has 0 bridgehead atoms. The standard InChI is InChI=1S/C9H9F3N4O3/c10-9(11,12)8(18)4-5(6-2-1-3-19-6)15-16(8)7(17)14-13/h1-3,18H,4,13H2,(H,14,17). The number of alkyl halides is 3. The maximum absolute atomic E-state index is 12.9. The number of nitrogens with two attached hydrogens (primary N) is 1. The number of hydrazine groups is 1. The van der Waals surface area contributed by atoms with Crippen molar-refractivity contribution in [3.05, 3.63) is 24.2 Å². The SMILES string of the molecule is NNC(=O)N1N=C(c2ccco2)CC1(O)C(F)(F)F. The highest BCUT2D eigenvalue weighted by Gasteiger charge is 2.63. The van der Waals surface area contributed by atoms with Gasteiger partial charge in [0.2, 0.25) is 0 Å². The lowest BCUT2D eigenvalue weighted by molar-refractivity contribution is -0.297. The van der Waals surface area contributed by atoms with Crippen LogP contribution in [0.1, 0.15) is 12.2 Å². The second kappa shape index (κ2) is 4.24. The highest BCUT2D eigenvalue weighted by atomic mass is 19.4. The van der Waals surface area contributed by atoms with E-state index in [1.165, 1.54) is 23.8 Å². The number of urea groups is 1. The molecule has 0 fully saturated rings. The van der Waals surface area contributed by atoms with E-state index < -0.39 is 24.4 Å². The number of rotatable bonds is 1. The van der Waals surface area contributed by atoms with Crippen molar-refractivity contribution in [3.63, 3.8) is 0 Å². The summed E-state index contributed by atoms with van der Waals surface area (Å²) in [4.78, 5) is 11.3. The summed E-state index contributed by atoms with van der Waals surface area (Å²) in [5.74, 6) is 4.79. The number of carbonyl (C=O) groups is 1. The Morgan fingerprint density at radius 2 is 2.32 bits per heavy atom. The summed E-state index contributed by atoms with van der Waals surface area (Å²) in [5.41, 5.74) is -2.18. The topological polar surface area (TPSA) is 104 Å². The van der Waals surface area contributed by atoms with Crippen LogP contribution in [0.3, 0.4) is 0 Å². The van der Waals surface area contributed by atoms with Crippen LogP contribution in [0.2, 0.25) is 0 Å². The second-order valence-corrected chi connectivity index (χ2v) is 3.78. The Labute approximate surface area is 104 Å². The number of furan rings is 1. The number of carbonyl (C=O) groups excluding carboxylic acids is 1. The minimum absolute atomic E-state index is 0.0231. The van der Waals surface area contributed by atoms with Gasteiger partial charge in [-0.2, -0.15) is 23.3 Å². The third kappa shape index (κ3) is 2.04. The zero-order valence-electron chi connectivity index (χ0n) is 9.31. The maximum atomic E-state index is 12.9. The number of amides is 2.